The average molecular weight is 328 g/mol. The van der Waals surface area contributed by atoms with E-state index in [9.17, 15) is 9.59 Å². The molecule has 0 spiro atoms. The maximum absolute atomic E-state index is 13.1. The van der Waals surface area contributed by atoms with Crippen LogP contribution in [0.15, 0.2) is 24.5 Å². The molecule has 0 unspecified atom stereocenters. The van der Waals surface area contributed by atoms with Gasteiger partial charge in [0.1, 0.15) is 5.52 Å². The number of imidazole rings is 1. The highest BCUT2D eigenvalue weighted by Crippen LogP contribution is 2.43. The van der Waals surface area contributed by atoms with Crippen molar-refractivity contribution in [3.63, 3.8) is 0 Å². The Balaban J connectivity index is 1.67. The predicted octanol–water partition coefficient (Wildman–Crippen LogP) is 0.788. The number of aromatic nitrogens is 2. The van der Waals surface area contributed by atoms with Crippen LogP contribution in [-0.4, -0.2) is 60.0 Å². The van der Waals surface area contributed by atoms with Gasteiger partial charge < -0.3 is 19.9 Å². The Labute approximate surface area is 139 Å². The van der Waals surface area contributed by atoms with Crippen molar-refractivity contribution in [2.75, 3.05) is 33.4 Å². The lowest BCUT2D eigenvalue weighted by Gasteiger charge is -2.36. The first kappa shape index (κ1) is 15.1. The summed E-state index contributed by atoms with van der Waals surface area (Å²) in [5, 5.41) is 2.77. The van der Waals surface area contributed by atoms with Crippen LogP contribution >= 0.6 is 0 Å². The van der Waals surface area contributed by atoms with E-state index < -0.39 is 5.41 Å². The number of para-hydroxylation sites is 1. The van der Waals surface area contributed by atoms with Gasteiger partial charge in [0.05, 0.1) is 29.4 Å². The van der Waals surface area contributed by atoms with Crippen LogP contribution in [0.25, 0.3) is 11.0 Å². The summed E-state index contributed by atoms with van der Waals surface area (Å²) in [6, 6.07) is 5.52. The van der Waals surface area contributed by atoms with E-state index in [4.69, 9.17) is 4.74 Å². The van der Waals surface area contributed by atoms with Crippen molar-refractivity contribution in [3.8, 4) is 0 Å². The molecule has 7 nitrogen and oxygen atoms in total. The lowest BCUT2D eigenvalue weighted by Crippen LogP contribution is -2.49. The maximum atomic E-state index is 13.1. The third kappa shape index (κ3) is 2.11. The van der Waals surface area contributed by atoms with Crippen LogP contribution in [0, 0.1) is 11.3 Å². The van der Waals surface area contributed by atoms with Gasteiger partial charge in [0, 0.05) is 32.7 Å². The Hall–Kier alpha value is -2.41. The lowest BCUT2D eigenvalue weighted by atomic mass is 9.73. The largest absolute Gasteiger partial charge is 0.381 e. The van der Waals surface area contributed by atoms with Crippen molar-refractivity contribution in [3.05, 3.63) is 30.1 Å². The van der Waals surface area contributed by atoms with Gasteiger partial charge >= 0.3 is 0 Å². The number of fused-ring (bicyclic) bond motifs is 2. The number of likely N-dealkylation sites (tertiary alicyclic amines) is 1. The molecule has 2 N–H and O–H groups in total. The van der Waals surface area contributed by atoms with Gasteiger partial charge in [-0.25, -0.2) is 4.98 Å². The van der Waals surface area contributed by atoms with Crippen LogP contribution in [-0.2, 0) is 9.53 Å². The molecule has 2 atom stereocenters. The number of ether oxygens (including phenoxy) is 1. The molecule has 2 amide bonds. The van der Waals surface area contributed by atoms with E-state index in [1.807, 2.05) is 12.1 Å². The van der Waals surface area contributed by atoms with Gasteiger partial charge in [0.25, 0.3) is 5.91 Å². The fraction of sp³-hybridized carbons (Fsp3) is 0.471. The van der Waals surface area contributed by atoms with Crippen LogP contribution in [0.5, 0.6) is 0 Å². The summed E-state index contributed by atoms with van der Waals surface area (Å²) in [6.45, 7) is 2.04. The highest BCUT2D eigenvalue weighted by Gasteiger charge is 2.54. The Morgan fingerprint density at radius 2 is 2.33 bits per heavy atom. The number of hydrogen-bond acceptors (Lipinski definition) is 4. The average Bonchev–Trinajstić information content (AvgIpc) is 3.24. The SMILES string of the molecule is CNC(=O)[C@]12CCOC[C@H]1CN(C(=O)c1cccc3[nH]cnc13)C2. The van der Waals surface area contributed by atoms with Crippen LogP contribution in [0.3, 0.4) is 0 Å². The van der Waals surface area contributed by atoms with Gasteiger partial charge in [-0.15, -0.1) is 0 Å². The summed E-state index contributed by atoms with van der Waals surface area (Å²) in [7, 11) is 1.65. The first-order valence-corrected chi connectivity index (χ1v) is 8.17. The first-order valence-electron chi connectivity index (χ1n) is 8.17. The summed E-state index contributed by atoms with van der Waals surface area (Å²) >= 11 is 0. The lowest BCUT2D eigenvalue weighted by molar-refractivity contribution is -0.138. The number of aromatic amines is 1. The second-order valence-electron chi connectivity index (χ2n) is 6.55. The highest BCUT2D eigenvalue weighted by atomic mass is 16.5. The number of hydrogen-bond donors (Lipinski definition) is 2. The first-order chi connectivity index (χ1) is 11.7. The van der Waals surface area contributed by atoms with Crippen molar-refractivity contribution >= 4 is 22.8 Å². The second-order valence-corrected chi connectivity index (χ2v) is 6.55. The third-order valence-corrected chi connectivity index (χ3v) is 5.35. The minimum absolute atomic E-state index is 0.00378. The molecule has 1 aromatic heterocycles. The molecule has 3 heterocycles. The smallest absolute Gasteiger partial charge is 0.256 e. The van der Waals surface area contributed by atoms with E-state index in [0.29, 0.717) is 43.8 Å². The number of rotatable bonds is 2. The Morgan fingerprint density at radius 1 is 1.46 bits per heavy atom. The van der Waals surface area contributed by atoms with E-state index in [1.165, 1.54) is 0 Å². The summed E-state index contributed by atoms with van der Waals surface area (Å²) < 4.78 is 5.56. The minimum atomic E-state index is -0.540. The minimum Gasteiger partial charge on any atom is -0.381 e. The van der Waals surface area contributed by atoms with Crippen molar-refractivity contribution in [1.29, 1.82) is 0 Å². The molecule has 0 radical (unpaired) electrons. The Kier molecular flexibility index (Phi) is 3.53. The molecule has 2 aromatic rings. The third-order valence-electron chi connectivity index (χ3n) is 5.35. The number of carbonyl (C=O) groups excluding carboxylic acids is 2. The normalized spacial score (nSPS) is 26.4. The molecule has 2 saturated heterocycles. The molecule has 0 bridgehead atoms. The van der Waals surface area contributed by atoms with E-state index >= 15 is 0 Å². The fourth-order valence-electron chi connectivity index (χ4n) is 4.03. The second kappa shape index (κ2) is 5.59. The number of benzene rings is 1. The zero-order valence-corrected chi connectivity index (χ0v) is 13.5. The predicted molar refractivity (Wildman–Crippen MR) is 87.4 cm³/mol. The van der Waals surface area contributed by atoms with Crippen molar-refractivity contribution in [2.45, 2.75) is 6.42 Å². The van der Waals surface area contributed by atoms with Gasteiger partial charge in [-0.1, -0.05) is 6.07 Å². The molecular formula is C17H20N4O3. The number of nitrogens with zero attached hydrogens (tertiary/aromatic N) is 2. The Bertz CT molecular complexity index is 802. The number of H-pyrrole nitrogens is 1. The number of carbonyl (C=O) groups is 2. The highest BCUT2D eigenvalue weighted by molar-refractivity contribution is 6.05. The molecule has 7 heteroatoms. The molecule has 2 fully saturated rings. The topological polar surface area (TPSA) is 87.3 Å². The van der Waals surface area contributed by atoms with E-state index in [2.05, 4.69) is 15.3 Å². The molecule has 0 saturated carbocycles. The van der Waals surface area contributed by atoms with Crippen LogP contribution < -0.4 is 5.32 Å². The molecule has 2 aliphatic rings. The van der Waals surface area contributed by atoms with Gasteiger partial charge in [-0.3, -0.25) is 9.59 Å². The van der Waals surface area contributed by atoms with E-state index in [1.54, 1.807) is 24.3 Å². The number of amides is 2. The maximum Gasteiger partial charge on any atom is 0.256 e. The summed E-state index contributed by atoms with van der Waals surface area (Å²) in [5.41, 5.74) is 1.53. The molecule has 2 aliphatic heterocycles. The van der Waals surface area contributed by atoms with Gasteiger partial charge in [-0.2, -0.15) is 0 Å². The van der Waals surface area contributed by atoms with Crippen LogP contribution in [0.2, 0.25) is 0 Å². The van der Waals surface area contributed by atoms with Crippen molar-refractivity contribution in [2.24, 2.45) is 11.3 Å². The summed E-state index contributed by atoms with van der Waals surface area (Å²) in [6.07, 6.45) is 2.23. The fourth-order valence-corrected chi connectivity index (χ4v) is 4.03. The quantitative estimate of drug-likeness (QED) is 0.853. The van der Waals surface area contributed by atoms with Crippen molar-refractivity contribution in [1.82, 2.24) is 20.2 Å². The molecule has 4 rings (SSSR count). The van der Waals surface area contributed by atoms with Crippen LogP contribution in [0.1, 0.15) is 16.8 Å². The monoisotopic (exact) mass is 328 g/mol. The molecule has 0 aliphatic carbocycles. The van der Waals surface area contributed by atoms with Crippen molar-refractivity contribution < 1.29 is 14.3 Å². The van der Waals surface area contributed by atoms with Gasteiger partial charge in [0.2, 0.25) is 5.91 Å². The van der Waals surface area contributed by atoms with Gasteiger partial charge in [0.15, 0.2) is 0 Å². The van der Waals surface area contributed by atoms with E-state index in [-0.39, 0.29) is 17.7 Å². The summed E-state index contributed by atoms with van der Waals surface area (Å²) in [5.74, 6) is -0.0389. The molecule has 24 heavy (non-hydrogen) atoms. The standard InChI is InChI=1S/C17H20N4O3/c1-18-16(23)17-5-6-24-8-11(17)7-21(9-17)15(22)12-3-2-4-13-14(12)20-10-19-13/h2-4,10-11H,5-9H2,1H3,(H,18,23)(H,19,20)/t11-,17+/m1/s1. The molecular weight excluding hydrogens is 308 g/mol. The Morgan fingerprint density at radius 3 is 3.17 bits per heavy atom. The number of nitrogens with one attached hydrogen (secondary N) is 2. The summed E-state index contributed by atoms with van der Waals surface area (Å²) in [4.78, 5) is 34.6. The van der Waals surface area contributed by atoms with Crippen LogP contribution in [0.4, 0.5) is 0 Å². The van der Waals surface area contributed by atoms with Gasteiger partial charge in [-0.05, 0) is 18.6 Å². The van der Waals surface area contributed by atoms with E-state index in [0.717, 1.165) is 5.52 Å². The molecule has 1 aromatic carbocycles. The zero-order valence-electron chi connectivity index (χ0n) is 13.5. The molecule has 126 valence electrons. The zero-order chi connectivity index (χ0) is 16.7.